The number of carbonyl (C=O) groups is 1. The molecule has 0 aliphatic carbocycles. The van der Waals surface area contributed by atoms with E-state index in [9.17, 15) is 4.79 Å². The Balaban J connectivity index is 1.73. The molecule has 0 radical (unpaired) electrons. The van der Waals surface area contributed by atoms with Crippen molar-refractivity contribution in [3.05, 3.63) is 89.0 Å². The average molecular weight is 475 g/mol. The van der Waals surface area contributed by atoms with Crippen molar-refractivity contribution >= 4 is 5.91 Å². The highest BCUT2D eigenvalue weighted by molar-refractivity contribution is 5.99. The summed E-state index contributed by atoms with van der Waals surface area (Å²) < 4.78 is 18.2. The average Bonchev–Trinajstić information content (AvgIpc) is 3.34. The van der Waals surface area contributed by atoms with Crippen LogP contribution in [0, 0.1) is 0 Å². The Morgan fingerprint density at radius 3 is 2.17 bits per heavy atom. The number of carbonyl (C=O) groups excluding carboxylic acids is 1. The fourth-order valence-electron chi connectivity index (χ4n) is 4.78. The Morgan fingerprint density at radius 1 is 0.971 bits per heavy atom. The van der Waals surface area contributed by atoms with Crippen LogP contribution in [0.15, 0.2) is 66.7 Å². The Labute approximate surface area is 207 Å². The third-order valence-electron chi connectivity index (χ3n) is 6.55. The molecular formula is C29H34N2O4. The van der Waals surface area contributed by atoms with Crippen LogP contribution in [0.1, 0.15) is 46.8 Å². The lowest BCUT2D eigenvalue weighted by atomic mass is 9.99. The molecule has 0 saturated carbocycles. The molecule has 0 unspecified atom stereocenters. The third-order valence-corrected chi connectivity index (χ3v) is 6.55. The highest BCUT2D eigenvalue weighted by Crippen LogP contribution is 2.43. The molecule has 184 valence electrons. The maximum atomic E-state index is 12.6. The van der Waals surface area contributed by atoms with Gasteiger partial charge in [0.05, 0.1) is 7.11 Å². The Morgan fingerprint density at radius 2 is 1.60 bits per heavy atom. The zero-order valence-electron chi connectivity index (χ0n) is 20.5. The van der Waals surface area contributed by atoms with Crippen molar-refractivity contribution in [2.75, 3.05) is 20.2 Å². The molecule has 1 fully saturated rings. The largest absolute Gasteiger partial charge is 0.492 e. The summed E-state index contributed by atoms with van der Waals surface area (Å²) in [6, 6.07) is 22.1. The molecule has 1 heterocycles. The van der Waals surface area contributed by atoms with Crippen LogP contribution in [0.3, 0.4) is 0 Å². The zero-order chi connectivity index (χ0) is 24.6. The van der Waals surface area contributed by atoms with Crippen LogP contribution in [-0.4, -0.2) is 37.0 Å². The van der Waals surface area contributed by atoms with E-state index in [0.717, 1.165) is 42.6 Å². The van der Waals surface area contributed by atoms with Gasteiger partial charge in [0.25, 0.3) is 5.91 Å². The van der Waals surface area contributed by atoms with E-state index in [1.807, 2.05) is 66.7 Å². The molecule has 1 aliphatic rings. The van der Waals surface area contributed by atoms with Gasteiger partial charge in [-0.3, -0.25) is 4.79 Å². The molecule has 0 aromatic heterocycles. The van der Waals surface area contributed by atoms with E-state index in [1.54, 1.807) is 0 Å². The van der Waals surface area contributed by atoms with Gasteiger partial charge in [-0.05, 0) is 49.5 Å². The van der Waals surface area contributed by atoms with Crippen molar-refractivity contribution in [2.45, 2.75) is 45.4 Å². The van der Waals surface area contributed by atoms with Gasteiger partial charge in [-0.25, -0.2) is 0 Å². The first-order valence-corrected chi connectivity index (χ1v) is 12.2. The van der Waals surface area contributed by atoms with Crippen LogP contribution in [0.4, 0.5) is 0 Å². The van der Waals surface area contributed by atoms with Crippen molar-refractivity contribution in [2.24, 2.45) is 5.73 Å². The van der Waals surface area contributed by atoms with E-state index in [0.29, 0.717) is 36.5 Å². The molecule has 3 aromatic carbocycles. The van der Waals surface area contributed by atoms with E-state index >= 15 is 0 Å². The van der Waals surface area contributed by atoms with Gasteiger partial charge in [-0.1, -0.05) is 67.6 Å². The molecule has 1 saturated heterocycles. The summed E-state index contributed by atoms with van der Waals surface area (Å²) in [7, 11) is 1.54. The van der Waals surface area contributed by atoms with Crippen LogP contribution in [0.5, 0.6) is 17.2 Å². The number of likely N-dealkylation sites (tertiary alicyclic amines) is 1. The molecule has 2 N–H and O–H groups in total. The standard InChI is InChI=1S/C29H34N2O4/c1-3-31-16-10-15-24(31)17-23-18-25(34-19-21-11-6-4-7-12-21)26(29(30)32)28(33-2)27(23)35-20-22-13-8-5-9-14-22/h4-9,11-14,18,24H,3,10,15-17,19-20H2,1-2H3,(H2,30,32)/t24-/m0/s1. The zero-order valence-corrected chi connectivity index (χ0v) is 20.5. The van der Waals surface area contributed by atoms with Gasteiger partial charge in [-0.2, -0.15) is 0 Å². The number of rotatable bonds is 11. The number of primary amides is 1. The second kappa shape index (κ2) is 11.8. The lowest BCUT2D eigenvalue weighted by Crippen LogP contribution is -2.31. The van der Waals surface area contributed by atoms with Crippen LogP contribution < -0.4 is 19.9 Å². The number of methoxy groups -OCH3 is 1. The van der Waals surface area contributed by atoms with Gasteiger partial charge in [0.2, 0.25) is 0 Å². The number of hydrogen-bond acceptors (Lipinski definition) is 5. The van der Waals surface area contributed by atoms with Crippen LogP contribution in [0.2, 0.25) is 0 Å². The molecule has 1 amide bonds. The molecule has 6 nitrogen and oxygen atoms in total. The SMILES string of the molecule is CCN1CCC[C@H]1Cc1cc(OCc2ccccc2)c(C(N)=O)c(OC)c1OCc1ccccc1. The van der Waals surface area contributed by atoms with E-state index < -0.39 is 5.91 Å². The van der Waals surface area contributed by atoms with Crippen LogP contribution >= 0.6 is 0 Å². The molecule has 35 heavy (non-hydrogen) atoms. The number of benzene rings is 3. The van der Waals surface area contributed by atoms with E-state index in [1.165, 1.54) is 13.5 Å². The number of hydrogen-bond donors (Lipinski definition) is 1. The first kappa shape index (κ1) is 24.6. The Kier molecular flexibility index (Phi) is 8.27. The highest BCUT2D eigenvalue weighted by atomic mass is 16.5. The molecule has 0 bridgehead atoms. The second-order valence-corrected chi connectivity index (χ2v) is 8.81. The second-order valence-electron chi connectivity index (χ2n) is 8.81. The van der Waals surface area contributed by atoms with Crippen molar-refractivity contribution in [3.8, 4) is 17.2 Å². The summed E-state index contributed by atoms with van der Waals surface area (Å²) in [5.41, 5.74) is 9.02. The minimum absolute atomic E-state index is 0.203. The normalized spacial score (nSPS) is 15.7. The summed E-state index contributed by atoms with van der Waals surface area (Å²) in [6.07, 6.45) is 3.06. The molecule has 3 aromatic rings. The van der Waals surface area contributed by atoms with Crippen molar-refractivity contribution in [1.82, 2.24) is 4.90 Å². The Hall–Kier alpha value is -3.51. The number of amides is 1. The first-order valence-electron chi connectivity index (χ1n) is 12.2. The topological polar surface area (TPSA) is 74.0 Å². The smallest absolute Gasteiger partial charge is 0.256 e. The predicted molar refractivity (Wildman–Crippen MR) is 137 cm³/mol. The molecule has 4 rings (SSSR count). The number of likely N-dealkylation sites (N-methyl/N-ethyl adjacent to an activating group) is 1. The quantitative estimate of drug-likeness (QED) is 0.424. The van der Waals surface area contributed by atoms with Crippen molar-refractivity contribution in [3.63, 3.8) is 0 Å². The fraction of sp³-hybridized carbons (Fsp3) is 0.345. The summed E-state index contributed by atoms with van der Waals surface area (Å²) in [5, 5.41) is 0. The van der Waals surface area contributed by atoms with Gasteiger partial charge in [0, 0.05) is 11.6 Å². The fourth-order valence-corrected chi connectivity index (χ4v) is 4.78. The van der Waals surface area contributed by atoms with Gasteiger partial charge >= 0.3 is 0 Å². The number of nitrogens with zero attached hydrogens (tertiary/aromatic N) is 1. The minimum atomic E-state index is -0.614. The lowest BCUT2D eigenvalue weighted by Gasteiger charge is -2.26. The molecule has 0 spiro atoms. The van der Waals surface area contributed by atoms with Gasteiger partial charge in [0.15, 0.2) is 11.5 Å². The number of nitrogens with two attached hydrogens (primary N) is 1. The van der Waals surface area contributed by atoms with Crippen LogP contribution in [0.25, 0.3) is 0 Å². The summed E-state index contributed by atoms with van der Waals surface area (Å²) >= 11 is 0. The lowest BCUT2D eigenvalue weighted by molar-refractivity contribution is 0.0991. The van der Waals surface area contributed by atoms with E-state index in [2.05, 4.69) is 11.8 Å². The monoisotopic (exact) mass is 474 g/mol. The van der Waals surface area contributed by atoms with E-state index in [4.69, 9.17) is 19.9 Å². The minimum Gasteiger partial charge on any atom is -0.492 e. The number of ether oxygens (including phenoxy) is 3. The third kappa shape index (κ3) is 5.95. The molecule has 6 heteroatoms. The summed E-state index contributed by atoms with van der Waals surface area (Å²) in [6.45, 7) is 4.96. The van der Waals surface area contributed by atoms with Gasteiger partial charge in [0.1, 0.15) is 24.5 Å². The molecular weight excluding hydrogens is 440 g/mol. The van der Waals surface area contributed by atoms with E-state index in [-0.39, 0.29) is 5.56 Å². The predicted octanol–water partition coefficient (Wildman–Crippen LogP) is 4.98. The Bertz CT molecular complexity index is 1120. The maximum absolute atomic E-state index is 12.6. The van der Waals surface area contributed by atoms with Crippen molar-refractivity contribution in [1.29, 1.82) is 0 Å². The molecule has 1 atom stereocenters. The highest BCUT2D eigenvalue weighted by Gasteiger charge is 2.29. The van der Waals surface area contributed by atoms with Crippen molar-refractivity contribution < 1.29 is 19.0 Å². The van der Waals surface area contributed by atoms with Gasteiger partial charge < -0.3 is 24.8 Å². The summed E-state index contributed by atoms with van der Waals surface area (Å²) in [5.74, 6) is 0.689. The summed E-state index contributed by atoms with van der Waals surface area (Å²) in [4.78, 5) is 15.1. The maximum Gasteiger partial charge on any atom is 0.256 e. The molecule has 1 aliphatic heterocycles. The van der Waals surface area contributed by atoms with Gasteiger partial charge in [-0.15, -0.1) is 0 Å². The first-order chi connectivity index (χ1) is 17.1. The van der Waals surface area contributed by atoms with Crippen LogP contribution in [-0.2, 0) is 19.6 Å².